The van der Waals surface area contributed by atoms with Crippen LogP contribution in [0.4, 0.5) is 0 Å². The topological polar surface area (TPSA) is 61.0 Å². The second kappa shape index (κ2) is 7.87. The average molecular weight is 297 g/mol. The van der Waals surface area contributed by atoms with Gasteiger partial charge in [0.1, 0.15) is 0 Å². The molecule has 1 heterocycles. The Hall–Kier alpha value is -1.59. The van der Waals surface area contributed by atoms with E-state index in [9.17, 15) is 4.79 Å². The monoisotopic (exact) mass is 296 g/mol. The lowest BCUT2D eigenvalue weighted by Gasteiger charge is -2.17. The first-order chi connectivity index (χ1) is 9.26. The number of carbonyl (C=O) groups is 1. The molecule has 2 N–H and O–H groups in total. The largest absolute Gasteiger partial charge is 0.349 e. The fourth-order valence-electron chi connectivity index (χ4n) is 2.09. The van der Waals surface area contributed by atoms with Gasteiger partial charge in [-0.2, -0.15) is 5.10 Å². The summed E-state index contributed by atoms with van der Waals surface area (Å²) in [5.41, 5.74) is 1.35. The lowest BCUT2D eigenvalue weighted by atomic mass is 10.2. The van der Waals surface area contributed by atoms with Crippen molar-refractivity contribution in [2.24, 2.45) is 0 Å². The van der Waals surface area contributed by atoms with Crippen molar-refractivity contribution in [3.8, 4) is 0 Å². The Balaban J connectivity index is 0.00000200. The lowest BCUT2D eigenvalue weighted by molar-refractivity contribution is 0.0945. The van der Waals surface area contributed by atoms with E-state index in [0.29, 0.717) is 12.2 Å². The zero-order valence-corrected chi connectivity index (χ0v) is 12.7. The number of likely N-dealkylation sites (N-methyl/N-ethyl adjacent to an activating group) is 1. The Bertz CT molecular complexity index is 551. The van der Waals surface area contributed by atoms with Crippen molar-refractivity contribution in [2.45, 2.75) is 13.8 Å². The molecule has 0 atom stereocenters. The molecule has 110 valence electrons. The maximum Gasteiger partial charge on any atom is 0.272 e. The molecule has 0 bridgehead atoms. The van der Waals surface area contributed by atoms with Crippen molar-refractivity contribution in [2.75, 3.05) is 26.2 Å². The van der Waals surface area contributed by atoms with Crippen LogP contribution in [0, 0.1) is 0 Å². The molecule has 1 aromatic heterocycles. The highest BCUT2D eigenvalue weighted by Crippen LogP contribution is 2.14. The molecule has 0 saturated carbocycles. The molecule has 20 heavy (non-hydrogen) atoms. The van der Waals surface area contributed by atoms with Crippen LogP contribution in [0.25, 0.3) is 10.9 Å². The van der Waals surface area contributed by atoms with Crippen LogP contribution < -0.4 is 5.32 Å². The molecule has 2 rings (SSSR count). The van der Waals surface area contributed by atoms with Crippen molar-refractivity contribution in [1.82, 2.24) is 20.4 Å². The summed E-state index contributed by atoms with van der Waals surface area (Å²) in [6.07, 6.45) is 0. The molecular weight excluding hydrogens is 276 g/mol. The minimum absolute atomic E-state index is 0. The summed E-state index contributed by atoms with van der Waals surface area (Å²) in [4.78, 5) is 14.3. The highest BCUT2D eigenvalue weighted by Gasteiger charge is 2.13. The Morgan fingerprint density at radius 1 is 1.30 bits per heavy atom. The van der Waals surface area contributed by atoms with Crippen molar-refractivity contribution in [3.63, 3.8) is 0 Å². The van der Waals surface area contributed by atoms with E-state index in [0.717, 1.165) is 30.5 Å². The highest BCUT2D eigenvalue weighted by molar-refractivity contribution is 6.04. The van der Waals surface area contributed by atoms with Gasteiger partial charge >= 0.3 is 0 Å². The Morgan fingerprint density at radius 3 is 2.70 bits per heavy atom. The van der Waals surface area contributed by atoms with Gasteiger partial charge in [-0.1, -0.05) is 32.0 Å². The van der Waals surface area contributed by atoms with E-state index in [1.165, 1.54) is 0 Å². The minimum Gasteiger partial charge on any atom is -0.349 e. The molecule has 1 aromatic carbocycles. The Kier molecular flexibility index (Phi) is 6.48. The average Bonchev–Trinajstić information content (AvgIpc) is 2.87. The molecule has 0 spiro atoms. The van der Waals surface area contributed by atoms with Crippen molar-refractivity contribution in [3.05, 3.63) is 30.0 Å². The number of hydrogen-bond acceptors (Lipinski definition) is 3. The van der Waals surface area contributed by atoms with Gasteiger partial charge in [-0.3, -0.25) is 9.89 Å². The number of benzene rings is 1. The third-order valence-electron chi connectivity index (χ3n) is 3.29. The molecule has 2 aromatic rings. The van der Waals surface area contributed by atoms with Crippen LogP contribution in [0.1, 0.15) is 24.3 Å². The van der Waals surface area contributed by atoms with Crippen LogP contribution in [-0.2, 0) is 0 Å². The summed E-state index contributed by atoms with van der Waals surface area (Å²) in [6.45, 7) is 7.73. The molecule has 0 aliphatic rings. The Morgan fingerprint density at radius 2 is 2.00 bits per heavy atom. The van der Waals surface area contributed by atoms with Gasteiger partial charge in [-0.15, -0.1) is 12.4 Å². The summed E-state index contributed by atoms with van der Waals surface area (Å²) in [5.74, 6) is -0.121. The number of carbonyl (C=O) groups excluding carboxylic acids is 1. The van der Waals surface area contributed by atoms with Crippen LogP contribution in [0.3, 0.4) is 0 Å². The number of aromatic nitrogens is 2. The van der Waals surface area contributed by atoms with E-state index in [4.69, 9.17) is 0 Å². The second-order valence-electron chi connectivity index (χ2n) is 4.40. The van der Waals surface area contributed by atoms with Crippen molar-refractivity contribution < 1.29 is 4.79 Å². The molecule has 0 fully saturated rings. The molecule has 0 saturated heterocycles. The third-order valence-corrected chi connectivity index (χ3v) is 3.29. The summed E-state index contributed by atoms with van der Waals surface area (Å²) >= 11 is 0. The van der Waals surface area contributed by atoms with Crippen molar-refractivity contribution in [1.29, 1.82) is 0 Å². The van der Waals surface area contributed by atoms with Gasteiger partial charge < -0.3 is 10.2 Å². The first kappa shape index (κ1) is 16.5. The predicted octanol–water partition coefficient (Wildman–Crippen LogP) is 2.06. The number of halogens is 1. The number of fused-ring (bicyclic) bond motifs is 1. The van der Waals surface area contributed by atoms with Gasteiger partial charge in [0.25, 0.3) is 5.91 Å². The van der Waals surface area contributed by atoms with Gasteiger partial charge in [0.15, 0.2) is 5.69 Å². The van der Waals surface area contributed by atoms with Crippen LogP contribution >= 0.6 is 12.4 Å². The number of rotatable bonds is 6. The zero-order valence-electron chi connectivity index (χ0n) is 11.8. The zero-order chi connectivity index (χ0) is 13.7. The van der Waals surface area contributed by atoms with E-state index < -0.39 is 0 Å². The van der Waals surface area contributed by atoms with Crippen LogP contribution in [0.5, 0.6) is 0 Å². The van der Waals surface area contributed by atoms with Crippen LogP contribution in [-0.4, -0.2) is 47.2 Å². The molecule has 5 nitrogen and oxygen atoms in total. The summed E-state index contributed by atoms with van der Waals surface area (Å²) in [7, 11) is 0. The molecular formula is C14H21ClN4O. The molecule has 6 heteroatoms. The number of nitrogens with zero attached hydrogens (tertiary/aromatic N) is 2. The predicted molar refractivity (Wildman–Crippen MR) is 83.5 cm³/mol. The summed E-state index contributed by atoms with van der Waals surface area (Å²) in [5, 5.41) is 10.7. The van der Waals surface area contributed by atoms with Crippen LogP contribution in [0.15, 0.2) is 24.3 Å². The molecule has 1 amide bonds. The maximum atomic E-state index is 12.1. The Labute approximate surface area is 125 Å². The number of H-pyrrole nitrogens is 1. The van der Waals surface area contributed by atoms with Gasteiger partial charge in [0, 0.05) is 18.5 Å². The van der Waals surface area contributed by atoms with Crippen LogP contribution in [0.2, 0.25) is 0 Å². The SMILES string of the molecule is CCN(CC)CCNC(=O)c1n[nH]c2ccccc12.Cl. The number of amides is 1. The van der Waals surface area contributed by atoms with E-state index in [1.54, 1.807) is 0 Å². The first-order valence-electron chi connectivity index (χ1n) is 6.70. The number of para-hydroxylation sites is 1. The lowest BCUT2D eigenvalue weighted by Crippen LogP contribution is -2.35. The number of nitrogens with one attached hydrogen (secondary N) is 2. The van der Waals surface area contributed by atoms with Crippen molar-refractivity contribution >= 4 is 29.2 Å². The fraction of sp³-hybridized carbons (Fsp3) is 0.429. The van der Waals surface area contributed by atoms with E-state index in [2.05, 4.69) is 34.3 Å². The third kappa shape index (κ3) is 3.71. The highest BCUT2D eigenvalue weighted by atomic mass is 35.5. The van der Waals surface area contributed by atoms with Gasteiger partial charge in [0.05, 0.1) is 5.52 Å². The number of hydrogen-bond donors (Lipinski definition) is 2. The quantitative estimate of drug-likeness (QED) is 0.858. The van der Waals surface area contributed by atoms with E-state index in [-0.39, 0.29) is 18.3 Å². The van der Waals surface area contributed by atoms with Gasteiger partial charge in [-0.05, 0) is 19.2 Å². The van der Waals surface area contributed by atoms with E-state index >= 15 is 0 Å². The standard InChI is InChI=1S/C14H20N4O.ClH/c1-3-18(4-2)10-9-15-14(19)13-11-7-5-6-8-12(11)16-17-13;/h5-8H,3-4,9-10H2,1-2H3,(H,15,19)(H,16,17);1H. The van der Waals surface area contributed by atoms with E-state index in [1.807, 2.05) is 24.3 Å². The summed E-state index contributed by atoms with van der Waals surface area (Å²) < 4.78 is 0. The first-order valence-corrected chi connectivity index (χ1v) is 6.70. The normalized spacial score (nSPS) is 10.6. The molecule has 0 unspecified atom stereocenters. The maximum absolute atomic E-state index is 12.1. The fourth-order valence-corrected chi connectivity index (χ4v) is 2.09. The second-order valence-corrected chi connectivity index (χ2v) is 4.40. The molecule has 0 aliphatic heterocycles. The smallest absolute Gasteiger partial charge is 0.272 e. The molecule has 0 aliphatic carbocycles. The molecule has 0 radical (unpaired) electrons. The minimum atomic E-state index is -0.121. The summed E-state index contributed by atoms with van der Waals surface area (Å²) in [6, 6.07) is 7.64. The van der Waals surface area contributed by atoms with Gasteiger partial charge in [0.2, 0.25) is 0 Å². The van der Waals surface area contributed by atoms with Gasteiger partial charge in [-0.25, -0.2) is 0 Å². The number of aromatic amines is 1.